The zero-order valence-electron chi connectivity index (χ0n) is 19.8. The van der Waals surface area contributed by atoms with E-state index >= 15 is 0 Å². The van der Waals surface area contributed by atoms with Gasteiger partial charge in [-0.15, -0.1) is 0 Å². The second kappa shape index (κ2) is 12.2. The molecule has 2 amide bonds. The molecule has 0 spiro atoms. The molecule has 0 saturated carbocycles. The number of benzene rings is 3. The quantitative estimate of drug-likeness (QED) is 0.0795. The molecular formula is C26H19I2N3O6S. The minimum Gasteiger partial charge on any atom is -0.494 e. The number of nitro groups is 1. The van der Waals surface area contributed by atoms with Crippen molar-refractivity contribution in [3.05, 3.63) is 94.6 Å². The fraction of sp³-hybridized carbons (Fsp3) is 0.115. The van der Waals surface area contributed by atoms with Crippen LogP contribution in [0.1, 0.15) is 18.1 Å². The Morgan fingerprint density at radius 2 is 1.74 bits per heavy atom. The monoisotopic (exact) mass is 755 g/mol. The van der Waals surface area contributed by atoms with Crippen molar-refractivity contribution < 1.29 is 24.0 Å². The zero-order chi connectivity index (χ0) is 27.4. The first kappa shape index (κ1) is 27.9. The fourth-order valence-electron chi connectivity index (χ4n) is 3.63. The number of carbonyl (C=O) groups is 2. The van der Waals surface area contributed by atoms with Gasteiger partial charge in [-0.25, -0.2) is 0 Å². The number of hydrogen-bond donors (Lipinski definition) is 1. The standard InChI is InChI=1S/C26H19I2N3O6S/c1-2-36-19-8-6-17(7-9-19)30-25(33)20(24(32)29-26(30)38)11-16-12-21(27)23(22(28)13-16)37-14-15-4-3-5-18(10-15)31(34)35/h3-13H,2,14H2,1H3,(H,29,32,38)/b20-11+. The van der Waals surface area contributed by atoms with E-state index in [0.717, 1.165) is 7.14 Å². The van der Waals surface area contributed by atoms with Crippen molar-refractivity contribution in [3.8, 4) is 11.5 Å². The van der Waals surface area contributed by atoms with Gasteiger partial charge in [0.25, 0.3) is 17.5 Å². The van der Waals surface area contributed by atoms with Crippen LogP contribution in [0, 0.1) is 17.3 Å². The van der Waals surface area contributed by atoms with Gasteiger partial charge in [0.2, 0.25) is 0 Å². The summed E-state index contributed by atoms with van der Waals surface area (Å²) in [5.41, 5.74) is 1.71. The lowest BCUT2D eigenvalue weighted by atomic mass is 10.1. The second-order valence-corrected chi connectivity index (χ2v) is 10.6. The van der Waals surface area contributed by atoms with Gasteiger partial charge in [0.05, 0.1) is 24.4 Å². The average Bonchev–Trinajstić information content (AvgIpc) is 2.87. The van der Waals surface area contributed by atoms with Crippen molar-refractivity contribution in [2.75, 3.05) is 11.5 Å². The fourth-order valence-corrected chi connectivity index (χ4v) is 6.04. The van der Waals surface area contributed by atoms with Crippen LogP contribution in [-0.4, -0.2) is 28.5 Å². The summed E-state index contributed by atoms with van der Waals surface area (Å²) in [6.07, 6.45) is 1.51. The number of anilines is 1. The molecule has 1 N–H and O–H groups in total. The van der Waals surface area contributed by atoms with Crippen LogP contribution in [0.15, 0.2) is 66.2 Å². The number of nitrogens with zero attached hydrogens (tertiary/aromatic N) is 2. The third-order valence-electron chi connectivity index (χ3n) is 5.34. The summed E-state index contributed by atoms with van der Waals surface area (Å²) in [6, 6.07) is 16.7. The molecule has 0 aliphatic carbocycles. The Balaban J connectivity index is 1.57. The van der Waals surface area contributed by atoms with Crippen LogP contribution >= 0.6 is 57.4 Å². The van der Waals surface area contributed by atoms with Gasteiger partial charge in [0.1, 0.15) is 23.7 Å². The van der Waals surface area contributed by atoms with Crippen LogP contribution in [0.5, 0.6) is 11.5 Å². The predicted molar refractivity (Wildman–Crippen MR) is 163 cm³/mol. The zero-order valence-corrected chi connectivity index (χ0v) is 24.9. The summed E-state index contributed by atoms with van der Waals surface area (Å²) in [5.74, 6) is 0.122. The minimum absolute atomic E-state index is 0.00429. The van der Waals surface area contributed by atoms with Gasteiger partial charge in [-0.1, -0.05) is 12.1 Å². The molecule has 9 nitrogen and oxygen atoms in total. The molecular weight excluding hydrogens is 736 g/mol. The van der Waals surface area contributed by atoms with Crippen molar-refractivity contribution >= 4 is 91.8 Å². The molecule has 1 heterocycles. The Labute approximate surface area is 250 Å². The van der Waals surface area contributed by atoms with Gasteiger partial charge < -0.3 is 9.47 Å². The molecule has 1 aliphatic rings. The first-order valence-corrected chi connectivity index (χ1v) is 13.7. The van der Waals surface area contributed by atoms with E-state index in [4.69, 9.17) is 21.7 Å². The molecule has 3 aromatic carbocycles. The molecule has 0 radical (unpaired) electrons. The van der Waals surface area contributed by atoms with Gasteiger partial charge in [-0.05, 0) is 118 Å². The van der Waals surface area contributed by atoms with E-state index in [1.807, 2.05) is 6.92 Å². The summed E-state index contributed by atoms with van der Waals surface area (Å²) >= 11 is 9.49. The third-order valence-corrected chi connectivity index (χ3v) is 7.23. The van der Waals surface area contributed by atoms with Gasteiger partial charge >= 0.3 is 0 Å². The van der Waals surface area contributed by atoms with Crippen LogP contribution < -0.4 is 19.7 Å². The van der Waals surface area contributed by atoms with E-state index in [1.165, 1.54) is 23.1 Å². The first-order valence-electron chi connectivity index (χ1n) is 11.2. The lowest BCUT2D eigenvalue weighted by molar-refractivity contribution is -0.384. The summed E-state index contributed by atoms with van der Waals surface area (Å²) < 4.78 is 12.9. The first-order chi connectivity index (χ1) is 18.2. The highest BCUT2D eigenvalue weighted by Crippen LogP contribution is 2.32. The Bertz CT molecular complexity index is 1450. The molecule has 3 aromatic rings. The molecule has 0 aromatic heterocycles. The number of rotatable bonds is 8. The van der Waals surface area contributed by atoms with Crippen molar-refractivity contribution in [2.24, 2.45) is 0 Å². The third kappa shape index (κ3) is 6.30. The Morgan fingerprint density at radius 1 is 1.05 bits per heavy atom. The number of thiocarbonyl (C=S) groups is 1. The maximum atomic E-state index is 13.3. The van der Waals surface area contributed by atoms with E-state index < -0.39 is 16.7 Å². The molecule has 0 bridgehead atoms. The molecule has 1 aliphatic heterocycles. The molecule has 1 saturated heterocycles. The molecule has 0 unspecified atom stereocenters. The summed E-state index contributed by atoms with van der Waals surface area (Å²) in [5, 5.41) is 13.6. The molecule has 4 rings (SSSR count). The Kier molecular flexibility index (Phi) is 8.94. The van der Waals surface area contributed by atoms with Crippen molar-refractivity contribution in [2.45, 2.75) is 13.5 Å². The van der Waals surface area contributed by atoms with E-state index in [1.54, 1.807) is 48.5 Å². The van der Waals surface area contributed by atoms with Crippen molar-refractivity contribution in [1.29, 1.82) is 0 Å². The van der Waals surface area contributed by atoms with E-state index in [9.17, 15) is 19.7 Å². The molecule has 0 atom stereocenters. The SMILES string of the molecule is CCOc1ccc(N2C(=O)/C(=C/c3cc(I)c(OCc4cccc([N+](=O)[O-])c4)c(I)c3)C(=O)NC2=S)cc1. The van der Waals surface area contributed by atoms with Crippen LogP contribution in [0.25, 0.3) is 6.08 Å². The second-order valence-electron chi connectivity index (χ2n) is 7.91. The maximum absolute atomic E-state index is 13.3. The van der Waals surface area contributed by atoms with Gasteiger partial charge in [-0.2, -0.15) is 0 Å². The summed E-state index contributed by atoms with van der Waals surface area (Å²) in [4.78, 5) is 37.9. The summed E-state index contributed by atoms with van der Waals surface area (Å²) in [7, 11) is 0. The number of nitro benzene ring substituents is 1. The van der Waals surface area contributed by atoms with Gasteiger partial charge in [-0.3, -0.25) is 29.9 Å². The van der Waals surface area contributed by atoms with E-state index in [0.29, 0.717) is 34.9 Å². The number of non-ortho nitro benzene ring substituents is 1. The summed E-state index contributed by atoms with van der Waals surface area (Å²) in [6.45, 7) is 2.53. The largest absolute Gasteiger partial charge is 0.494 e. The average molecular weight is 755 g/mol. The van der Waals surface area contributed by atoms with Crippen molar-refractivity contribution in [3.63, 3.8) is 0 Å². The Morgan fingerprint density at radius 3 is 2.37 bits per heavy atom. The highest BCUT2D eigenvalue weighted by atomic mass is 127. The van der Waals surface area contributed by atoms with Crippen LogP contribution in [-0.2, 0) is 16.2 Å². The van der Waals surface area contributed by atoms with E-state index in [-0.39, 0.29) is 23.0 Å². The normalized spacial score (nSPS) is 14.4. The minimum atomic E-state index is -0.585. The molecule has 1 fully saturated rings. The number of amides is 2. The van der Waals surface area contributed by atoms with E-state index in [2.05, 4.69) is 50.5 Å². The predicted octanol–water partition coefficient (Wildman–Crippen LogP) is 5.61. The topological polar surface area (TPSA) is 111 Å². The number of halogens is 2. The lowest BCUT2D eigenvalue weighted by Gasteiger charge is -2.29. The molecule has 38 heavy (non-hydrogen) atoms. The number of carbonyl (C=O) groups excluding carboxylic acids is 2. The smallest absolute Gasteiger partial charge is 0.270 e. The lowest BCUT2D eigenvalue weighted by Crippen LogP contribution is -2.54. The van der Waals surface area contributed by atoms with Crippen LogP contribution in [0.3, 0.4) is 0 Å². The molecule has 194 valence electrons. The number of hydrogen-bond acceptors (Lipinski definition) is 7. The van der Waals surface area contributed by atoms with Gasteiger partial charge in [0.15, 0.2) is 5.11 Å². The number of ether oxygens (including phenoxy) is 2. The van der Waals surface area contributed by atoms with Crippen LogP contribution in [0.4, 0.5) is 11.4 Å². The molecule has 12 heteroatoms. The number of nitrogens with one attached hydrogen (secondary N) is 1. The van der Waals surface area contributed by atoms with Crippen LogP contribution in [0.2, 0.25) is 0 Å². The Hall–Kier alpha value is -3.11. The highest BCUT2D eigenvalue weighted by molar-refractivity contribution is 14.1. The maximum Gasteiger partial charge on any atom is 0.270 e. The van der Waals surface area contributed by atoms with Gasteiger partial charge in [0, 0.05) is 12.1 Å². The van der Waals surface area contributed by atoms with Crippen molar-refractivity contribution in [1.82, 2.24) is 5.32 Å². The highest BCUT2D eigenvalue weighted by Gasteiger charge is 2.34.